The molecule has 112 valence electrons. The van der Waals surface area contributed by atoms with Gasteiger partial charge in [-0.15, -0.1) is 0 Å². The Morgan fingerprint density at radius 1 is 1.45 bits per heavy atom. The van der Waals surface area contributed by atoms with E-state index in [9.17, 15) is 13.5 Å². The molecule has 0 spiro atoms. The van der Waals surface area contributed by atoms with Crippen molar-refractivity contribution in [3.8, 4) is 5.75 Å². The number of benzene rings is 1. The summed E-state index contributed by atoms with van der Waals surface area (Å²) < 4.78 is 32.2. The first kappa shape index (κ1) is 15.1. The fourth-order valence-corrected chi connectivity index (χ4v) is 3.52. The van der Waals surface area contributed by atoms with E-state index in [2.05, 4.69) is 4.72 Å². The molecule has 4 N–H and O–H groups in total. The molecule has 1 aromatic carbocycles. The van der Waals surface area contributed by atoms with Gasteiger partial charge in [-0.3, -0.25) is 0 Å². The molecule has 1 aliphatic carbocycles. The largest absolute Gasteiger partial charge is 0.495 e. The number of ether oxygens (including phenoxy) is 1. The van der Waals surface area contributed by atoms with Crippen LogP contribution in [-0.4, -0.2) is 33.3 Å². The van der Waals surface area contributed by atoms with Gasteiger partial charge in [0.15, 0.2) is 0 Å². The molecule has 1 fully saturated rings. The number of anilines is 1. The van der Waals surface area contributed by atoms with Gasteiger partial charge in [0, 0.05) is 12.2 Å². The van der Waals surface area contributed by atoms with Gasteiger partial charge < -0.3 is 15.6 Å². The molecule has 1 aliphatic rings. The zero-order chi connectivity index (χ0) is 14.9. The fourth-order valence-electron chi connectivity index (χ4n) is 2.22. The van der Waals surface area contributed by atoms with Crippen LogP contribution in [0.2, 0.25) is 0 Å². The van der Waals surface area contributed by atoms with Crippen molar-refractivity contribution in [1.29, 1.82) is 0 Å². The summed E-state index contributed by atoms with van der Waals surface area (Å²) in [7, 11) is -2.24. The molecule has 1 aromatic rings. The predicted molar refractivity (Wildman–Crippen MR) is 76.1 cm³/mol. The van der Waals surface area contributed by atoms with E-state index >= 15 is 0 Å². The zero-order valence-corrected chi connectivity index (χ0v) is 12.4. The molecule has 0 aromatic heterocycles. The fraction of sp³-hybridized carbons (Fsp3) is 0.538. The van der Waals surface area contributed by atoms with Crippen LogP contribution in [0.3, 0.4) is 0 Å². The Bertz CT molecular complexity index is 595. The molecule has 0 amide bonds. The molecule has 0 saturated heterocycles. The second kappa shape index (κ2) is 5.59. The Morgan fingerprint density at radius 3 is 2.65 bits per heavy atom. The molecule has 0 aliphatic heterocycles. The van der Waals surface area contributed by atoms with Gasteiger partial charge in [-0.25, -0.2) is 13.1 Å². The number of hydrogen-bond acceptors (Lipinski definition) is 5. The van der Waals surface area contributed by atoms with E-state index in [1.165, 1.54) is 13.2 Å². The van der Waals surface area contributed by atoms with E-state index in [1.54, 1.807) is 13.0 Å². The van der Waals surface area contributed by atoms with Gasteiger partial charge in [0.2, 0.25) is 10.0 Å². The minimum Gasteiger partial charge on any atom is -0.495 e. The van der Waals surface area contributed by atoms with Crippen molar-refractivity contribution in [2.75, 3.05) is 19.4 Å². The average molecular weight is 300 g/mol. The third-order valence-electron chi connectivity index (χ3n) is 3.61. The highest BCUT2D eigenvalue weighted by Gasteiger charge is 2.29. The highest BCUT2D eigenvalue weighted by Crippen LogP contribution is 2.30. The van der Waals surface area contributed by atoms with Crippen LogP contribution in [0.25, 0.3) is 0 Å². The quantitative estimate of drug-likeness (QED) is 0.692. The van der Waals surface area contributed by atoms with Crippen LogP contribution in [0.15, 0.2) is 17.0 Å². The maximum Gasteiger partial charge on any atom is 0.244 e. The molecule has 7 heteroatoms. The van der Waals surface area contributed by atoms with Crippen LogP contribution >= 0.6 is 0 Å². The molecule has 0 radical (unpaired) electrons. The molecule has 0 bridgehead atoms. The highest BCUT2D eigenvalue weighted by atomic mass is 32.2. The second-order valence-corrected chi connectivity index (χ2v) is 6.94. The predicted octanol–water partition coefficient (Wildman–Crippen LogP) is 0.635. The third-order valence-corrected chi connectivity index (χ3v) is 5.06. The lowest BCUT2D eigenvalue weighted by atomic mass is 9.83. The van der Waals surface area contributed by atoms with E-state index in [0.717, 1.165) is 5.56 Å². The lowest BCUT2D eigenvalue weighted by Crippen LogP contribution is -2.38. The summed E-state index contributed by atoms with van der Waals surface area (Å²) in [5, 5.41) is 9.20. The standard InChI is InChI=1S/C13H20N2O4S/c1-8-3-12(19-2)13(6-11(8)14)20(17,18)15-7-9-4-10(16)5-9/h3,6,9-10,15-16H,4-5,7,14H2,1-2H3. The smallest absolute Gasteiger partial charge is 0.244 e. The second-order valence-electron chi connectivity index (χ2n) is 5.20. The maximum atomic E-state index is 12.3. The topological polar surface area (TPSA) is 102 Å². The summed E-state index contributed by atoms with van der Waals surface area (Å²) >= 11 is 0. The zero-order valence-electron chi connectivity index (χ0n) is 11.6. The number of nitrogens with one attached hydrogen (secondary N) is 1. The van der Waals surface area contributed by atoms with Crippen molar-refractivity contribution < 1.29 is 18.3 Å². The molecule has 0 atom stereocenters. The first-order valence-electron chi connectivity index (χ1n) is 6.45. The molecular formula is C13H20N2O4S. The Balaban J connectivity index is 2.18. The molecule has 0 unspecified atom stereocenters. The third kappa shape index (κ3) is 3.05. The van der Waals surface area contributed by atoms with E-state index in [-0.39, 0.29) is 22.7 Å². The molecule has 6 nitrogen and oxygen atoms in total. The summed E-state index contributed by atoms with van der Waals surface area (Å²) in [5.74, 6) is 0.464. The Kier molecular flexibility index (Phi) is 4.22. The van der Waals surface area contributed by atoms with Crippen molar-refractivity contribution in [2.45, 2.75) is 30.8 Å². The van der Waals surface area contributed by atoms with Crippen molar-refractivity contribution in [3.63, 3.8) is 0 Å². The summed E-state index contributed by atoms with van der Waals surface area (Å²) in [4.78, 5) is 0.0444. The Hall–Kier alpha value is -1.31. The minimum absolute atomic E-state index is 0.0444. The van der Waals surface area contributed by atoms with Gasteiger partial charge in [0.1, 0.15) is 10.6 Å². The molecule has 0 heterocycles. The monoisotopic (exact) mass is 300 g/mol. The minimum atomic E-state index is -3.67. The molecule has 1 saturated carbocycles. The van der Waals surface area contributed by atoms with Crippen molar-refractivity contribution in [1.82, 2.24) is 4.72 Å². The molecule has 2 rings (SSSR count). The number of nitrogens with two attached hydrogens (primary N) is 1. The number of methoxy groups -OCH3 is 1. The molecular weight excluding hydrogens is 280 g/mol. The van der Waals surface area contributed by atoms with Crippen molar-refractivity contribution in [3.05, 3.63) is 17.7 Å². The number of aryl methyl sites for hydroxylation is 1. The van der Waals surface area contributed by atoms with Gasteiger partial charge in [0.25, 0.3) is 0 Å². The van der Waals surface area contributed by atoms with Crippen LogP contribution in [-0.2, 0) is 10.0 Å². The number of aliphatic hydroxyl groups excluding tert-OH is 1. The van der Waals surface area contributed by atoms with E-state index < -0.39 is 10.0 Å². The summed E-state index contributed by atoms with van der Waals surface area (Å²) in [6.45, 7) is 2.10. The number of hydrogen-bond donors (Lipinski definition) is 3. The number of sulfonamides is 1. The van der Waals surface area contributed by atoms with E-state index in [0.29, 0.717) is 25.1 Å². The number of nitrogen functional groups attached to an aromatic ring is 1. The van der Waals surface area contributed by atoms with Crippen LogP contribution in [0.1, 0.15) is 18.4 Å². The summed E-state index contributed by atoms with van der Waals surface area (Å²) in [6, 6.07) is 3.02. The average Bonchev–Trinajstić information content (AvgIpc) is 2.36. The normalized spacial score (nSPS) is 22.4. The van der Waals surface area contributed by atoms with E-state index in [1.807, 2.05) is 0 Å². The van der Waals surface area contributed by atoms with Gasteiger partial charge in [-0.1, -0.05) is 0 Å². The maximum absolute atomic E-state index is 12.3. The first-order valence-corrected chi connectivity index (χ1v) is 7.93. The van der Waals surface area contributed by atoms with Gasteiger partial charge >= 0.3 is 0 Å². The number of aliphatic hydroxyl groups is 1. The highest BCUT2D eigenvalue weighted by molar-refractivity contribution is 7.89. The van der Waals surface area contributed by atoms with Crippen LogP contribution in [0.5, 0.6) is 5.75 Å². The van der Waals surface area contributed by atoms with Gasteiger partial charge in [-0.05, 0) is 43.4 Å². The van der Waals surface area contributed by atoms with Crippen molar-refractivity contribution >= 4 is 15.7 Å². The summed E-state index contributed by atoms with van der Waals surface area (Å²) in [5.41, 5.74) is 6.95. The van der Waals surface area contributed by atoms with Crippen LogP contribution in [0, 0.1) is 12.8 Å². The van der Waals surface area contributed by atoms with Crippen LogP contribution < -0.4 is 15.2 Å². The molecule has 20 heavy (non-hydrogen) atoms. The lowest BCUT2D eigenvalue weighted by Gasteiger charge is -2.31. The van der Waals surface area contributed by atoms with Crippen LogP contribution in [0.4, 0.5) is 5.69 Å². The first-order chi connectivity index (χ1) is 9.33. The lowest BCUT2D eigenvalue weighted by molar-refractivity contribution is 0.0453. The van der Waals surface area contributed by atoms with Crippen molar-refractivity contribution in [2.24, 2.45) is 5.92 Å². The Morgan fingerprint density at radius 2 is 2.10 bits per heavy atom. The van der Waals surface area contributed by atoms with Gasteiger partial charge in [-0.2, -0.15) is 0 Å². The number of rotatable bonds is 5. The Labute approximate surface area is 119 Å². The summed E-state index contributed by atoms with van der Waals surface area (Å²) in [6.07, 6.45) is 0.972. The SMILES string of the molecule is COc1cc(C)c(N)cc1S(=O)(=O)NCC1CC(O)C1. The van der Waals surface area contributed by atoms with Gasteiger partial charge in [0.05, 0.1) is 13.2 Å². The van der Waals surface area contributed by atoms with E-state index in [4.69, 9.17) is 10.5 Å².